The molecule has 2 N–H and O–H groups in total. The van der Waals surface area contributed by atoms with E-state index < -0.39 is 0 Å². The van der Waals surface area contributed by atoms with Gasteiger partial charge in [-0.05, 0) is 31.5 Å². The molecule has 3 nitrogen and oxygen atoms in total. The van der Waals surface area contributed by atoms with Crippen molar-refractivity contribution in [2.75, 3.05) is 18.5 Å². The van der Waals surface area contributed by atoms with Gasteiger partial charge in [0.25, 0.3) is 0 Å². The molecule has 1 aromatic rings. The van der Waals surface area contributed by atoms with E-state index in [1.54, 1.807) is 0 Å². The molecule has 0 saturated carbocycles. The molecule has 0 fully saturated rings. The van der Waals surface area contributed by atoms with Gasteiger partial charge in [-0.15, -0.1) is 0 Å². The smallest absolute Gasteiger partial charge is 0.124 e. The van der Waals surface area contributed by atoms with Crippen LogP contribution in [0.15, 0.2) is 18.2 Å². The molecule has 18 heavy (non-hydrogen) atoms. The molecule has 0 atom stereocenters. The second-order valence-electron chi connectivity index (χ2n) is 4.40. The van der Waals surface area contributed by atoms with Crippen molar-refractivity contribution in [3.63, 3.8) is 0 Å². The summed E-state index contributed by atoms with van der Waals surface area (Å²) in [6.07, 6.45) is 5.02. The molecule has 1 rings (SSSR count). The summed E-state index contributed by atoms with van der Waals surface area (Å²) >= 11 is 0. The third-order valence-corrected chi connectivity index (χ3v) is 2.89. The lowest BCUT2D eigenvalue weighted by atomic mass is 10.1. The summed E-state index contributed by atoms with van der Waals surface area (Å²) in [6.45, 7) is 5.78. The Labute approximate surface area is 110 Å². The van der Waals surface area contributed by atoms with Crippen molar-refractivity contribution in [2.24, 2.45) is 0 Å². The summed E-state index contributed by atoms with van der Waals surface area (Å²) in [6, 6.07) is 5.89. The Balaban J connectivity index is 2.46. The highest BCUT2D eigenvalue weighted by Crippen LogP contribution is 2.23. The number of benzene rings is 1. The normalized spacial score (nSPS) is 10.4. The van der Waals surface area contributed by atoms with Crippen LogP contribution >= 0.6 is 0 Å². The average Bonchev–Trinajstić information content (AvgIpc) is 2.40. The van der Waals surface area contributed by atoms with Gasteiger partial charge in [0.05, 0.1) is 13.2 Å². The number of aliphatic hydroxyl groups excluding tert-OH is 1. The van der Waals surface area contributed by atoms with E-state index in [2.05, 4.69) is 12.2 Å². The van der Waals surface area contributed by atoms with E-state index in [4.69, 9.17) is 4.74 Å². The first-order valence-corrected chi connectivity index (χ1v) is 6.92. The Morgan fingerprint density at radius 1 is 1.17 bits per heavy atom. The highest BCUT2D eigenvalue weighted by Gasteiger charge is 2.03. The average molecular weight is 251 g/mol. The number of anilines is 1. The lowest BCUT2D eigenvalue weighted by Crippen LogP contribution is -2.03. The molecule has 3 heteroatoms. The first-order chi connectivity index (χ1) is 8.81. The number of nitrogens with one attached hydrogen (secondary N) is 1. The minimum absolute atomic E-state index is 0.0146. The van der Waals surface area contributed by atoms with Crippen LogP contribution in [0.3, 0.4) is 0 Å². The largest absolute Gasteiger partial charge is 0.494 e. The van der Waals surface area contributed by atoms with Crippen molar-refractivity contribution in [3.8, 4) is 5.75 Å². The summed E-state index contributed by atoms with van der Waals surface area (Å²) in [5.74, 6) is 0.775. The minimum atomic E-state index is 0.0146. The molecular formula is C15H25NO2. The molecule has 0 aliphatic carbocycles. The van der Waals surface area contributed by atoms with Crippen LogP contribution in [0.1, 0.15) is 45.1 Å². The highest BCUT2D eigenvalue weighted by atomic mass is 16.5. The Bertz CT molecular complexity index is 339. The number of unbranched alkanes of at least 4 members (excludes halogenated alkanes) is 3. The van der Waals surface area contributed by atoms with Gasteiger partial charge in [0, 0.05) is 17.8 Å². The molecule has 0 aromatic heterocycles. The third kappa shape index (κ3) is 4.96. The summed E-state index contributed by atoms with van der Waals surface area (Å²) in [5.41, 5.74) is 1.90. The fourth-order valence-corrected chi connectivity index (χ4v) is 1.89. The van der Waals surface area contributed by atoms with Crippen molar-refractivity contribution in [2.45, 2.75) is 46.1 Å². The van der Waals surface area contributed by atoms with Crippen LogP contribution in [0, 0.1) is 0 Å². The maximum absolute atomic E-state index is 9.30. The van der Waals surface area contributed by atoms with Crippen LogP contribution in [0.4, 0.5) is 5.69 Å². The summed E-state index contributed by atoms with van der Waals surface area (Å²) in [7, 11) is 0. The Kier molecular flexibility index (Phi) is 7.26. The molecule has 0 heterocycles. The Morgan fingerprint density at radius 2 is 2.00 bits per heavy atom. The fraction of sp³-hybridized carbons (Fsp3) is 0.600. The van der Waals surface area contributed by atoms with Gasteiger partial charge in [-0.25, -0.2) is 0 Å². The third-order valence-electron chi connectivity index (χ3n) is 2.89. The molecule has 0 saturated heterocycles. The van der Waals surface area contributed by atoms with Gasteiger partial charge in [0.2, 0.25) is 0 Å². The number of hydrogen-bond donors (Lipinski definition) is 2. The van der Waals surface area contributed by atoms with E-state index in [9.17, 15) is 5.11 Å². The number of ether oxygens (including phenoxy) is 1. The van der Waals surface area contributed by atoms with Crippen LogP contribution in [-0.2, 0) is 6.61 Å². The van der Waals surface area contributed by atoms with Gasteiger partial charge in [-0.3, -0.25) is 0 Å². The number of rotatable bonds is 9. The van der Waals surface area contributed by atoms with E-state index >= 15 is 0 Å². The van der Waals surface area contributed by atoms with E-state index in [0.29, 0.717) is 6.61 Å². The van der Waals surface area contributed by atoms with Crippen LogP contribution < -0.4 is 10.1 Å². The Morgan fingerprint density at radius 3 is 2.67 bits per heavy atom. The van der Waals surface area contributed by atoms with Crippen molar-refractivity contribution >= 4 is 5.69 Å². The molecule has 0 aliphatic heterocycles. The van der Waals surface area contributed by atoms with Gasteiger partial charge < -0.3 is 15.2 Å². The van der Waals surface area contributed by atoms with Gasteiger partial charge in [-0.2, -0.15) is 0 Å². The van der Waals surface area contributed by atoms with Crippen LogP contribution in [0.2, 0.25) is 0 Å². The molecule has 0 radical (unpaired) electrons. The van der Waals surface area contributed by atoms with Gasteiger partial charge in [0.1, 0.15) is 5.75 Å². The molecule has 1 aromatic carbocycles. The summed E-state index contributed by atoms with van der Waals surface area (Å²) < 4.78 is 5.45. The quantitative estimate of drug-likeness (QED) is 0.659. The first kappa shape index (κ1) is 14.8. The minimum Gasteiger partial charge on any atom is -0.494 e. The topological polar surface area (TPSA) is 41.5 Å². The molecule has 0 aliphatic rings. The molecule has 0 unspecified atom stereocenters. The molecule has 0 amide bonds. The Hall–Kier alpha value is -1.22. The molecule has 0 spiro atoms. The van der Waals surface area contributed by atoms with E-state index in [0.717, 1.165) is 23.5 Å². The monoisotopic (exact) mass is 251 g/mol. The van der Waals surface area contributed by atoms with E-state index in [1.165, 1.54) is 25.7 Å². The van der Waals surface area contributed by atoms with Crippen molar-refractivity contribution in [1.29, 1.82) is 0 Å². The number of aliphatic hydroxyl groups is 1. The predicted molar refractivity (Wildman–Crippen MR) is 76.2 cm³/mol. The van der Waals surface area contributed by atoms with Crippen molar-refractivity contribution in [3.05, 3.63) is 23.8 Å². The maximum Gasteiger partial charge on any atom is 0.124 e. The van der Waals surface area contributed by atoms with Crippen molar-refractivity contribution in [1.82, 2.24) is 0 Å². The predicted octanol–water partition coefficient (Wildman–Crippen LogP) is 3.57. The molecular weight excluding hydrogens is 226 g/mol. The highest BCUT2D eigenvalue weighted by molar-refractivity contribution is 5.51. The molecule has 102 valence electrons. The van der Waals surface area contributed by atoms with E-state index in [1.807, 2.05) is 25.1 Å². The van der Waals surface area contributed by atoms with E-state index in [-0.39, 0.29) is 6.61 Å². The van der Waals surface area contributed by atoms with Crippen molar-refractivity contribution < 1.29 is 9.84 Å². The lowest BCUT2D eigenvalue weighted by Gasteiger charge is -2.12. The fourth-order valence-electron chi connectivity index (χ4n) is 1.89. The van der Waals surface area contributed by atoms with Gasteiger partial charge in [-0.1, -0.05) is 26.2 Å². The van der Waals surface area contributed by atoms with Crippen LogP contribution in [0.5, 0.6) is 5.75 Å². The second kappa shape index (κ2) is 8.81. The zero-order chi connectivity index (χ0) is 13.2. The lowest BCUT2D eigenvalue weighted by molar-refractivity contribution is 0.267. The number of hydrogen-bond acceptors (Lipinski definition) is 3. The van der Waals surface area contributed by atoms with Gasteiger partial charge >= 0.3 is 0 Å². The SMILES string of the molecule is CCCCCCNc1ccc(OCC)c(CO)c1. The summed E-state index contributed by atoms with van der Waals surface area (Å²) in [5, 5.41) is 12.7. The summed E-state index contributed by atoms with van der Waals surface area (Å²) in [4.78, 5) is 0. The molecule has 0 bridgehead atoms. The van der Waals surface area contributed by atoms with Gasteiger partial charge in [0.15, 0.2) is 0 Å². The van der Waals surface area contributed by atoms with Crippen LogP contribution in [0.25, 0.3) is 0 Å². The maximum atomic E-state index is 9.30. The van der Waals surface area contributed by atoms with Crippen LogP contribution in [-0.4, -0.2) is 18.3 Å². The first-order valence-electron chi connectivity index (χ1n) is 6.92. The zero-order valence-electron chi connectivity index (χ0n) is 11.5. The second-order valence-corrected chi connectivity index (χ2v) is 4.40. The standard InChI is InChI=1S/C15H25NO2/c1-3-5-6-7-10-16-14-8-9-15(18-4-2)13(11-14)12-17/h8-9,11,16-17H,3-7,10,12H2,1-2H3. The zero-order valence-corrected chi connectivity index (χ0v) is 11.5.